The molecule has 4 nitrogen and oxygen atoms in total. The third-order valence-corrected chi connectivity index (χ3v) is 2.97. The van der Waals surface area contributed by atoms with Gasteiger partial charge in [-0.05, 0) is 24.3 Å². The van der Waals surface area contributed by atoms with Crippen molar-refractivity contribution < 1.29 is 4.79 Å². The van der Waals surface area contributed by atoms with E-state index in [0.717, 1.165) is 5.69 Å². The van der Waals surface area contributed by atoms with E-state index in [1.165, 1.54) is 6.20 Å². The number of amides is 1. The molecule has 0 aliphatic carbocycles. The number of carbonyl (C=O) groups excluding carboxylic acids is 1. The Labute approximate surface area is 127 Å². The molecule has 5 heteroatoms. The Hall–Kier alpha value is -2.77. The van der Waals surface area contributed by atoms with Crippen LogP contribution in [-0.2, 0) is 4.79 Å². The number of hydrogen-bond acceptors (Lipinski definition) is 3. The number of anilines is 2. The van der Waals surface area contributed by atoms with Crippen LogP contribution < -0.4 is 10.6 Å². The quantitative estimate of drug-likeness (QED) is 0.666. The number of hydrogen-bond donors (Lipinski definition) is 2. The number of para-hydroxylation sites is 2. The van der Waals surface area contributed by atoms with Crippen molar-refractivity contribution in [1.82, 2.24) is 0 Å². The summed E-state index contributed by atoms with van der Waals surface area (Å²) in [7, 11) is 0. The smallest absolute Gasteiger partial charge is 0.267 e. The summed E-state index contributed by atoms with van der Waals surface area (Å²) >= 11 is 5.96. The summed E-state index contributed by atoms with van der Waals surface area (Å²) in [4.78, 5) is 12.0. The molecule has 0 aliphatic rings. The molecule has 0 aliphatic heterocycles. The van der Waals surface area contributed by atoms with Crippen molar-refractivity contribution in [3.05, 3.63) is 71.4 Å². The van der Waals surface area contributed by atoms with Gasteiger partial charge in [-0.25, -0.2) is 0 Å². The first-order chi connectivity index (χ1) is 10.2. The van der Waals surface area contributed by atoms with Gasteiger partial charge in [0.25, 0.3) is 5.91 Å². The van der Waals surface area contributed by atoms with E-state index in [9.17, 15) is 4.79 Å². The molecule has 104 valence electrons. The second kappa shape index (κ2) is 7.13. The lowest BCUT2D eigenvalue weighted by Crippen LogP contribution is -2.14. The number of nitrogens with zero attached hydrogens (tertiary/aromatic N) is 1. The molecule has 0 radical (unpaired) electrons. The Morgan fingerprint density at radius 3 is 2.43 bits per heavy atom. The van der Waals surface area contributed by atoms with Crippen molar-refractivity contribution in [2.75, 3.05) is 10.6 Å². The molecule has 21 heavy (non-hydrogen) atoms. The van der Waals surface area contributed by atoms with Gasteiger partial charge in [-0.1, -0.05) is 41.9 Å². The maximum Gasteiger partial charge on any atom is 0.267 e. The number of benzene rings is 2. The van der Waals surface area contributed by atoms with Crippen LogP contribution >= 0.6 is 11.6 Å². The van der Waals surface area contributed by atoms with Gasteiger partial charge in [0.15, 0.2) is 0 Å². The van der Waals surface area contributed by atoms with Crippen LogP contribution in [0, 0.1) is 11.3 Å². The van der Waals surface area contributed by atoms with Gasteiger partial charge in [0.05, 0.1) is 10.7 Å². The number of halogens is 1. The maximum absolute atomic E-state index is 12.0. The van der Waals surface area contributed by atoms with Crippen molar-refractivity contribution in [2.24, 2.45) is 0 Å². The first kappa shape index (κ1) is 14.6. The van der Waals surface area contributed by atoms with E-state index in [1.54, 1.807) is 24.3 Å². The van der Waals surface area contributed by atoms with Gasteiger partial charge in [0, 0.05) is 11.9 Å². The minimum absolute atomic E-state index is 0.0428. The molecular weight excluding hydrogens is 286 g/mol. The van der Waals surface area contributed by atoms with E-state index >= 15 is 0 Å². The molecule has 0 heterocycles. The van der Waals surface area contributed by atoms with Crippen LogP contribution in [0.3, 0.4) is 0 Å². The Bertz CT molecular complexity index is 705. The highest BCUT2D eigenvalue weighted by atomic mass is 35.5. The van der Waals surface area contributed by atoms with Crippen LogP contribution in [0.15, 0.2) is 66.4 Å². The zero-order chi connectivity index (χ0) is 15.1. The summed E-state index contributed by atoms with van der Waals surface area (Å²) in [5.41, 5.74) is 1.21. The monoisotopic (exact) mass is 297 g/mol. The predicted octanol–water partition coefficient (Wildman–Crippen LogP) is 3.80. The summed E-state index contributed by atoms with van der Waals surface area (Å²) in [6.07, 6.45) is 1.36. The summed E-state index contributed by atoms with van der Waals surface area (Å²) < 4.78 is 0. The molecule has 1 amide bonds. The summed E-state index contributed by atoms with van der Waals surface area (Å²) in [6.45, 7) is 0. The van der Waals surface area contributed by atoms with E-state index in [1.807, 2.05) is 36.4 Å². The van der Waals surface area contributed by atoms with Crippen molar-refractivity contribution in [2.45, 2.75) is 0 Å². The SMILES string of the molecule is N#C/C(=C/Nc1ccccc1)C(=O)Nc1ccccc1Cl. The van der Waals surface area contributed by atoms with Crippen molar-refractivity contribution in [1.29, 1.82) is 5.26 Å². The van der Waals surface area contributed by atoms with Gasteiger partial charge in [-0.15, -0.1) is 0 Å². The number of rotatable bonds is 4. The van der Waals surface area contributed by atoms with Crippen molar-refractivity contribution in [3.8, 4) is 6.07 Å². The Balaban J connectivity index is 2.09. The number of nitrogens with one attached hydrogen (secondary N) is 2. The maximum atomic E-state index is 12.0. The molecular formula is C16H12ClN3O. The predicted molar refractivity (Wildman–Crippen MR) is 83.8 cm³/mol. The molecule has 0 saturated carbocycles. The van der Waals surface area contributed by atoms with Gasteiger partial charge in [-0.2, -0.15) is 5.26 Å². The summed E-state index contributed by atoms with van der Waals surface area (Å²) in [5, 5.41) is 15.0. The second-order valence-corrected chi connectivity index (χ2v) is 4.52. The third-order valence-electron chi connectivity index (χ3n) is 2.64. The van der Waals surface area contributed by atoms with Crippen LogP contribution in [0.4, 0.5) is 11.4 Å². The third kappa shape index (κ3) is 4.10. The average Bonchev–Trinajstić information content (AvgIpc) is 2.51. The molecule has 2 rings (SSSR count). The lowest BCUT2D eigenvalue weighted by Gasteiger charge is -2.06. The fourth-order valence-electron chi connectivity index (χ4n) is 1.59. The van der Waals surface area contributed by atoms with Crippen LogP contribution in [-0.4, -0.2) is 5.91 Å². The molecule has 0 fully saturated rings. The van der Waals surface area contributed by atoms with E-state index in [0.29, 0.717) is 10.7 Å². The van der Waals surface area contributed by atoms with E-state index in [4.69, 9.17) is 16.9 Å². The van der Waals surface area contributed by atoms with Crippen molar-refractivity contribution >= 4 is 28.9 Å². The molecule has 2 aromatic carbocycles. The first-order valence-corrected chi connectivity index (χ1v) is 6.56. The Morgan fingerprint density at radius 1 is 1.10 bits per heavy atom. The van der Waals surface area contributed by atoms with Crippen LogP contribution in [0.5, 0.6) is 0 Å². The van der Waals surface area contributed by atoms with Gasteiger partial charge < -0.3 is 10.6 Å². The van der Waals surface area contributed by atoms with E-state index < -0.39 is 5.91 Å². The molecule has 0 saturated heterocycles. The summed E-state index contributed by atoms with van der Waals surface area (Å²) in [6, 6.07) is 17.9. The zero-order valence-electron chi connectivity index (χ0n) is 11.0. The fourth-order valence-corrected chi connectivity index (χ4v) is 1.77. The van der Waals surface area contributed by atoms with E-state index in [-0.39, 0.29) is 5.57 Å². The lowest BCUT2D eigenvalue weighted by molar-refractivity contribution is -0.112. The molecule has 0 bridgehead atoms. The lowest BCUT2D eigenvalue weighted by atomic mass is 10.2. The largest absolute Gasteiger partial charge is 0.360 e. The number of nitriles is 1. The minimum atomic E-state index is -0.519. The molecule has 0 aromatic heterocycles. The van der Waals surface area contributed by atoms with Gasteiger partial charge >= 0.3 is 0 Å². The zero-order valence-corrected chi connectivity index (χ0v) is 11.8. The molecule has 0 spiro atoms. The molecule has 2 aromatic rings. The number of carbonyl (C=O) groups is 1. The Kier molecular flexibility index (Phi) is 4.97. The van der Waals surface area contributed by atoms with Crippen molar-refractivity contribution in [3.63, 3.8) is 0 Å². The molecule has 0 unspecified atom stereocenters. The van der Waals surface area contributed by atoms with Crippen LogP contribution in [0.25, 0.3) is 0 Å². The highest BCUT2D eigenvalue weighted by Crippen LogP contribution is 2.20. The highest BCUT2D eigenvalue weighted by molar-refractivity contribution is 6.33. The van der Waals surface area contributed by atoms with Crippen LogP contribution in [0.2, 0.25) is 5.02 Å². The van der Waals surface area contributed by atoms with Crippen LogP contribution in [0.1, 0.15) is 0 Å². The average molecular weight is 298 g/mol. The first-order valence-electron chi connectivity index (χ1n) is 6.18. The summed E-state index contributed by atoms with van der Waals surface area (Å²) in [5.74, 6) is -0.519. The molecule has 0 atom stereocenters. The normalized spacial score (nSPS) is 10.6. The van der Waals surface area contributed by atoms with Gasteiger partial charge in [-0.3, -0.25) is 4.79 Å². The van der Waals surface area contributed by atoms with Gasteiger partial charge in [0.1, 0.15) is 11.6 Å². The van der Waals surface area contributed by atoms with Gasteiger partial charge in [0.2, 0.25) is 0 Å². The van der Waals surface area contributed by atoms with E-state index in [2.05, 4.69) is 10.6 Å². The standard InChI is InChI=1S/C16H12ClN3O/c17-14-8-4-5-9-15(14)20-16(21)12(10-18)11-19-13-6-2-1-3-7-13/h1-9,11,19H,(H,20,21)/b12-11-. The fraction of sp³-hybridized carbons (Fsp3) is 0. The highest BCUT2D eigenvalue weighted by Gasteiger charge is 2.10. The topological polar surface area (TPSA) is 64.9 Å². The Morgan fingerprint density at radius 2 is 1.76 bits per heavy atom. The minimum Gasteiger partial charge on any atom is -0.360 e. The second-order valence-electron chi connectivity index (χ2n) is 4.11. The molecule has 2 N–H and O–H groups in total.